The van der Waals surface area contributed by atoms with E-state index in [0.29, 0.717) is 11.3 Å². The molecule has 148 valence electrons. The van der Waals surface area contributed by atoms with Crippen molar-refractivity contribution in [2.24, 2.45) is 4.99 Å². The van der Waals surface area contributed by atoms with Crippen LogP contribution >= 0.6 is 0 Å². The summed E-state index contributed by atoms with van der Waals surface area (Å²) in [4.78, 5) is 4.44. The van der Waals surface area contributed by atoms with Crippen molar-refractivity contribution in [3.8, 4) is 11.1 Å². The van der Waals surface area contributed by atoms with Gasteiger partial charge in [-0.2, -0.15) is 0 Å². The largest absolute Gasteiger partial charge is 0.256 e. The Morgan fingerprint density at radius 3 is 2.28 bits per heavy atom. The minimum absolute atomic E-state index is 0.251. The van der Waals surface area contributed by atoms with Crippen LogP contribution in [0, 0.1) is 5.82 Å². The molecular weight excluding hydrogens is 357 g/mol. The maximum atomic E-state index is 14.6. The van der Waals surface area contributed by atoms with E-state index in [1.54, 1.807) is 12.3 Å². The van der Waals surface area contributed by atoms with Crippen LogP contribution in [-0.4, -0.2) is 6.21 Å². The summed E-state index contributed by atoms with van der Waals surface area (Å²) >= 11 is 0. The fourth-order valence-corrected chi connectivity index (χ4v) is 3.28. The second-order valence-corrected chi connectivity index (χ2v) is 7.25. The minimum Gasteiger partial charge on any atom is -0.256 e. The van der Waals surface area contributed by atoms with Crippen LogP contribution in [0.3, 0.4) is 0 Å². The molecule has 3 rings (SSSR count). The maximum absolute atomic E-state index is 14.6. The summed E-state index contributed by atoms with van der Waals surface area (Å²) in [7, 11) is 0. The molecule has 1 nitrogen and oxygen atoms in total. The van der Waals surface area contributed by atoms with Gasteiger partial charge in [0.2, 0.25) is 0 Å². The van der Waals surface area contributed by atoms with E-state index in [0.717, 1.165) is 30.4 Å². The van der Waals surface area contributed by atoms with Gasteiger partial charge in [-0.15, -0.1) is 6.58 Å². The number of allylic oxidation sites excluding steroid dienone is 1. The van der Waals surface area contributed by atoms with Crippen LogP contribution in [-0.2, 0) is 12.8 Å². The lowest BCUT2D eigenvalue weighted by Gasteiger charge is -2.06. The van der Waals surface area contributed by atoms with E-state index in [4.69, 9.17) is 0 Å². The van der Waals surface area contributed by atoms with Crippen molar-refractivity contribution in [2.75, 3.05) is 0 Å². The summed E-state index contributed by atoms with van der Waals surface area (Å²) in [5.74, 6) is -0.251. The van der Waals surface area contributed by atoms with Crippen molar-refractivity contribution in [1.82, 2.24) is 0 Å². The number of benzene rings is 3. The minimum atomic E-state index is -0.251. The molecule has 0 unspecified atom stereocenters. The average Bonchev–Trinajstić information content (AvgIpc) is 2.76. The average molecular weight is 386 g/mol. The van der Waals surface area contributed by atoms with Gasteiger partial charge in [0.25, 0.3) is 0 Å². The molecular formula is C27H28FN. The molecule has 0 atom stereocenters. The van der Waals surface area contributed by atoms with Crippen LogP contribution in [0.25, 0.3) is 11.1 Å². The highest BCUT2D eigenvalue weighted by molar-refractivity contribution is 5.82. The lowest BCUT2D eigenvalue weighted by Crippen LogP contribution is -1.88. The Morgan fingerprint density at radius 2 is 1.62 bits per heavy atom. The molecule has 0 spiro atoms. The normalized spacial score (nSPS) is 11.1. The SMILES string of the molecule is C=CCCCCc1ccc(C=Nc2ccc(-c3ccc(CC)cc3)c(F)c2)cc1. The van der Waals surface area contributed by atoms with Crippen molar-refractivity contribution in [2.45, 2.75) is 39.0 Å². The van der Waals surface area contributed by atoms with Crippen molar-refractivity contribution in [3.05, 3.63) is 102 Å². The smallest absolute Gasteiger partial charge is 0.133 e. The van der Waals surface area contributed by atoms with Crippen molar-refractivity contribution < 1.29 is 4.39 Å². The molecule has 0 N–H and O–H groups in total. The van der Waals surface area contributed by atoms with Gasteiger partial charge >= 0.3 is 0 Å². The van der Waals surface area contributed by atoms with E-state index >= 15 is 0 Å². The molecule has 0 aromatic heterocycles. The van der Waals surface area contributed by atoms with Gasteiger partial charge in [0.05, 0.1) is 5.69 Å². The van der Waals surface area contributed by atoms with Gasteiger partial charge in [-0.25, -0.2) is 4.39 Å². The van der Waals surface area contributed by atoms with Gasteiger partial charge in [-0.05, 0) is 66.5 Å². The third-order valence-electron chi connectivity index (χ3n) is 5.09. The monoisotopic (exact) mass is 385 g/mol. The number of aliphatic imine (C=N–C) groups is 1. The van der Waals surface area contributed by atoms with Gasteiger partial charge in [-0.3, -0.25) is 4.99 Å². The number of aryl methyl sites for hydroxylation is 2. The highest BCUT2D eigenvalue weighted by Gasteiger charge is 2.06. The Bertz CT molecular complexity index is 953. The number of halogens is 1. The summed E-state index contributed by atoms with van der Waals surface area (Å²) in [5.41, 5.74) is 5.70. The fraction of sp³-hybridized carbons (Fsp3) is 0.222. The Hall–Kier alpha value is -3.00. The number of unbranched alkanes of at least 4 members (excludes halogenated alkanes) is 2. The number of nitrogens with zero attached hydrogens (tertiary/aromatic N) is 1. The summed E-state index contributed by atoms with van der Waals surface area (Å²) < 4.78 is 14.6. The lowest BCUT2D eigenvalue weighted by molar-refractivity contribution is 0.631. The third-order valence-corrected chi connectivity index (χ3v) is 5.09. The molecule has 3 aromatic carbocycles. The van der Waals surface area contributed by atoms with E-state index in [9.17, 15) is 4.39 Å². The molecule has 0 bridgehead atoms. The van der Waals surface area contributed by atoms with E-state index in [2.05, 4.69) is 42.8 Å². The molecule has 0 saturated carbocycles. The third kappa shape index (κ3) is 5.99. The van der Waals surface area contributed by atoms with Crippen LogP contribution in [0.4, 0.5) is 10.1 Å². The first kappa shape index (κ1) is 20.7. The van der Waals surface area contributed by atoms with Crippen LogP contribution in [0.15, 0.2) is 84.4 Å². The Kier molecular flexibility index (Phi) is 7.52. The Balaban J connectivity index is 1.64. The molecule has 0 aliphatic heterocycles. The zero-order chi connectivity index (χ0) is 20.5. The van der Waals surface area contributed by atoms with E-state index < -0.39 is 0 Å². The molecule has 0 fully saturated rings. The first-order chi connectivity index (χ1) is 14.2. The van der Waals surface area contributed by atoms with Gasteiger partial charge in [0.15, 0.2) is 0 Å². The van der Waals surface area contributed by atoms with Gasteiger partial charge < -0.3 is 0 Å². The predicted molar refractivity (Wildman–Crippen MR) is 123 cm³/mol. The summed E-state index contributed by atoms with van der Waals surface area (Å²) in [6.07, 6.45) is 9.24. The van der Waals surface area contributed by atoms with Gasteiger partial charge in [0, 0.05) is 17.8 Å². The zero-order valence-corrected chi connectivity index (χ0v) is 17.1. The van der Waals surface area contributed by atoms with E-state index in [1.165, 1.54) is 30.0 Å². The molecule has 2 heteroatoms. The van der Waals surface area contributed by atoms with Crippen molar-refractivity contribution >= 4 is 11.9 Å². The standard InChI is InChI=1S/C27H28FN/c1-3-5-6-7-8-22-9-11-23(12-10-22)20-29-25-17-18-26(27(28)19-25)24-15-13-21(4-2)14-16-24/h3,9-20H,1,4-8H2,2H3. The van der Waals surface area contributed by atoms with Crippen molar-refractivity contribution in [1.29, 1.82) is 0 Å². The molecule has 0 saturated heterocycles. The molecule has 0 heterocycles. The number of hydrogen-bond acceptors (Lipinski definition) is 1. The Morgan fingerprint density at radius 1 is 0.897 bits per heavy atom. The summed E-state index contributed by atoms with van der Waals surface area (Å²) in [6, 6.07) is 21.6. The first-order valence-corrected chi connectivity index (χ1v) is 10.3. The summed E-state index contributed by atoms with van der Waals surface area (Å²) in [6.45, 7) is 5.87. The zero-order valence-electron chi connectivity index (χ0n) is 17.1. The Labute approximate surface area is 173 Å². The topological polar surface area (TPSA) is 12.4 Å². The molecule has 3 aromatic rings. The van der Waals surface area contributed by atoms with Crippen LogP contribution in [0.5, 0.6) is 0 Å². The number of hydrogen-bond donors (Lipinski definition) is 0. The van der Waals surface area contributed by atoms with Crippen molar-refractivity contribution in [3.63, 3.8) is 0 Å². The van der Waals surface area contributed by atoms with Gasteiger partial charge in [0.1, 0.15) is 5.82 Å². The quantitative estimate of drug-likeness (QED) is 0.203. The maximum Gasteiger partial charge on any atom is 0.133 e. The number of rotatable bonds is 9. The first-order valence-electron chi connectivity index (χ1n) is 10.3. The van der Waals surface area contributed by atoms with Gasteiger partial charge in [-0.1, -0.05) is 61.5 Å². The second-order valence-electron chi connectivity index (χ2n) is 7.25. The second kappa shape index (κ2) is 10.5. The van der Waals surface area contributed by atoms with E-state index in [-0.39, 0.29) is 5.82 Å². The fourth-order valence-electron chi connectivity index (χ4n) is 3.28. The molecule has 0 radical (unpaired) electrons. The summed E-state index contributed by atoms with van der Waals surface area (Å²) in [5, 5.41) is 0. The predicted octanol–water partition coefficient (Wildman–Crippen LogP) is 7.70. The van der Waals surface area contributed by atoms with Crippen LogP contribution < -0.4 is 0 Å². The lowest BCUT2D eigenvalue weighted by atomic mass is 10.0. The molecule has 0 amide bonds. The molecule has 0 aliphatic rings. The highest BCUT2D eigenvalue weighted by atomic mass is 19.1. The van der Waals surface area contributed by atoms with Crippen LogP contribution in [0.1, 0.15) is 42.9 Å². The highest BCUT2D eigenvalue weighted by Crippen LogP contribution is 2.27. The van der Waals surface area contributed by atoms with E-state index in [1.807, 2.05) is 36.4 Å². The van der Waals surface area contributed by atoms with Crippen LogP contribution in [0.2, 0.25) is 0 Å². The molecule has 0 aliphatic carbocycles. The molecule has 29 heavy (non-hydrogen) atoms.